The molecular formula is C29H32FN5O5. The first-order valence-electron chi connectivity index (χ1n) is 13.1. The maximum Gasteiger partial charge on any atom is 0.307 e. The van der Waals surface area contributed by atoms with Crippen molar-refractivity contribution < 1.29 is 23.8 Å². The van der Waals surface area contributed by atoms with Gasteiger partial charge in [0.15, 0.2) is 5.75 Å². The first-order chi connectivity index (χ1) is 18.8. The van der Waals surface area contributed by atoms with Gasteiger partial charge in [0.25, 0.3) is 5.91 Å². The highest BCUT2D eigenvalue weighted by Crippen LogP contribution is 2.53. The number of H-pyrrole nitrogens is 1. The normalized spacial score (nSPS) is 22.4. The Morgan fingerprint density at radius 2 is 1.93 bits per heavy atom. The second-order valence-corrected chi connectivity index (χ2v) is 11.2. The molecule has 3 aromatic rings. The average molecular weight is 550 g/mol. The second kappa shape index (κ2) is 9.81. The lowest BCUT2D eigenvalue weighted by Crippen LogP contribution is -2.53. The van der Waals surface area contributed by atoms with E-state index in [0.717, 1.165) is 5.56 Å². The van der Waals surface area contributed by atoms with Gasteiger partial charge in [0, 0.05) is 12.5 Å². The second-order valence-electron chi connectivity index (χ2n) is 11.2. The minimum atomic E-state index is -1.17. The number of carbonyl (C=O) groups excluding carboxylic acids is 2. The summed E-state index contributed by atoms with van der Waals surface area (Å²) in [5.41, 5.74) is 0.0816. The van der Waals surface area contributed by atoms with E-state index >= 15 is 0 Å². The molecule has 0 aliphatic carbocycles. The summed E-state index contributed by atoms with van der Waals surface area (Å²) in [5.74, 6) is -0.866. The molecule has 5 rings (SSSR count). The minimum Gasteiger partial charge on any atom is -0.450 e. The molecule has 0 radical (unpaired) electrons. The van der Waals surface area contributed by atoms with Crippen LogP contribution in [0.2, 0.25) is 0 Å². The van der Waals surface area contributed by atoms with E-state index in [1.165, 1.54) is 30.3 Å². The number of fused-ring (bicyclic) bond motifs is 1. The fraction of sp³-hybridized carbons (Fsp3) is 0.414. The maximum atomic E-state index is 14.0. The highest BCUT2D eigenvalue weighted by molar-refractivity contribution is 5.97. The van der Waals surface area contributed by atoms with Crippen molar-refractivity contribution in [3.63, 3.8) is 0 Å². The van der Waals surface area contributed by atoms with Crippen molar-refractivity contribution >= 4 is 11.8 Å². The van der Waals surface area contributed by atoms with E-state index < -0.39 is 34.7 Å². The minimum absolute atomic E-state index is 0.0505. The van der Waals surface area contributed by atoms with Crippen LogP contribution in [-0.2, 0) is 10.3 Å². The summed E-state index contributed by atoms with van der Waals surface area (Å²) in [6, 6.07) is 7.67. The van der Waals surface area contributed by atoms with Crippen molar-refractivity contribution in [2.24, 2.45) is 0 Å². The molecule has 0 unspecified atom stereocenters. The number of aryl methyl sites for hydroxylation is 3. The number of hydrogen-bond donors (Lipinski definition) is 3. The number of pyridine rings is 1. The molecule has 0 bridgehead atoms. The number of aliphatic hydroxyl groups is 1. The van der Waals surface area contributed by atoms with Crippen molar-refractivity contribution in [3.05, 3.63) is 80.8 Å². The van der Waals surface area contributed by atoms with Crippen LogP contribution in [0.15, 0.2) is 41.2 Å². The van der Waals surface area contributed by atoms with Crippen LogP contribution in [0.3, 0.4) is 0 Å². The van der Waals surface area contributed by atoms with Crippen LogP contribution in [0.1, 0.15) is 66.1 Å². The Morgan fingerprint density at radius 1 is 1.18 bits per heavy atom. The Bertz CT molecular complexity index is 1570. The molecule has 10 nitrogen and oxygen atoms in total. The van der Waals surface area contributed by atoms with Gasteiger partial charge in [-0.1, -0.05) is 6.07 Å². The van der Waals surface area contributed by atoms with Crippen LogP contribution in [0.4, 0.5) is 4.39 Å². The van der Waals surface area contributed by atoms with Crippen molar-refractivity contribution in [2.75, 3.05) is 0 Å². The van der Waals surface area contributed by atoms with Gasteiger partial charge in [0.05, 0.1) is 28.6 Å². The molecule has 11 heteroatoms. The predicted octanol–water partition coefficient (Wildman–Crippen LogP) is 3.18. The van der Waals surface area contributed by atoms with E-state index in [-0.39, 0.29) is 29.6 Å². The number of aromatic nitrogens is 3. The molecule has 2 amide bonds. The topological polar surface area (TPSA) is 138 Å². The molecule has 0 saturated carbocycles. The standard InChI is InChI=1S/C29H32FN5O5/c1-15-12-18(30)6-7-19(15)29-11-10-24(28(4,5)39)35(29)27(38)21(14-29)32-25(36)20-8-9-22(17(3)31-20)40-23-13-16(2)33-34-26(23)37/h6-9,12-13,21,24,39H,10-11,14H2,1-5H3,(H,32,36)(H,34,37)/t21-,24+,29+/m0/s1. The van der Waals surface area contributed by atoms with E-state index in [1.54, 1.807) is 45.6 Å². The zero-order chi connectivity index (χ0) is 29.0. The number of nitrogens with zero attached hydrogens (tertiary/aromatic N) is 3. The highest BCUT2D eigenvalue weighted by atomic mass is 19.1. The summed E-state index contributed by atoms with van der Waals surface area (Å²) >= 11 is 0. The highest BCUT2D eigenvalue weighted by Gasteiger charge is 2.61. The Hall–Kier alpha value is -4.12. The van der Waals surface area contributed by atoms with Gasteiger partial charge in [0.1, 0.15) is 23.3 Å². The number of carbonyl (C=O) groups is 2. The summed E-state index contributed by atoms with van der Waals surface area (Å²) in [4.78, 5) is 45.1. The molecule has 210 valence electrons. The molecule has 2 fully saturated rings. The largest absolute Gasteiger partial charge is 0.450 e. The summed E-state index contributed by atoms with van der Waals surface area (Å²) < 4.78 is 19.7. The fourth-order valence-corrected chi connectivity index (χ4v) is 6.08. The number of nitrogens with one attached hydrogen (secondary N) is 2. The van der Waals surface area contributed by atoms with Gasteiger partial charge < -0.3 is 20.1 Å². The van der Waals surface area contributed by atoms with E-state index in [4.69, 9.17) is 4.74 Å². The van der Waals surface area contributed by atoms with Gasteiger partial charge in [-0.2, -0.15) is 5.10 Å². The monoisotopic (exact) mass is 549 g/mol. The lowest BCUT2D eigenvalue weighted by Gasteiger charge is -2.40. The maximum absolute atomic E-state index is 14.0. The van der Waals surface area contributed by atoms with E-state index in [0.29, 0.717) is 35.5 Å². The zero-order valence-electron chi connectivity index (χ0n) is 23.0. The van der Waals surface area contributed by atoms with Crippen molar-refractivity contribution in [1.82, 2.24) is 25.4 Å². The van der Waals surface area contributed by atoms with E-state index in [1.807, 2.05) is 0 Å². The smallest absolute Gasteiger partial charge is 0.307 e. The van der Waals surface area contributed by atoms with Gasteiger partial charge >= 0.3 is 5.56 Å². The third-order valence-corrected chi connectivity index (χ3v) is 7.88. The van der Waals surface area contributed by atoms with Crippen LogP contribution < -0.4 is 15.6 Å². The Balaban J connectivity index is 1.41. The molecule has 4 heterocycles. The molecule has 3 atom stereocenters. The van der Waals surface area contributed by atoms with Crippen LogP contribution >= 0.6 is 0 Å². The Morgan fingerprint density at radius 3 is 2.60 bits per heavy atom. The van der Waals surface area contributed by atoms with Crippen molar-refractivity contribution in [2.45, 2.75) is 77.1 Å². The van der Waals surface area contributed by atoms with Gasteiger partial charge in [-0.05, 0) is 82.9 Å². The number of halogens is 1. The van der Waals surface area contributed by atoms with Gasteiger partial charge in [-0.25, -0.2) is 14.5 Å². The molecule has 2 aliphatic heterocycles. The quantitative estimate of drug-likeness (QED) is 0.429. The van der Waals surface area contributed by atoms with Crippen molar-refractivity contribution in [3.8, 4) is 11.5 Å². The fourth-order valence-electron chi connectivity index (χ4n) is 6.08. The number of amides is 2. The van der Waals surface area contributed by atoms with Gasteiger partial charge in [-0.15, -0.1) is 0 Å². The molecule has 0 spiro atoms. The first kappa shape index (κ1) is 27.4. The third-order valence-electron chi connectivity index (χ3n) is 7.88. The van der Waals surface area contributed by atoms with Gasteiger partial charge in [-0.3, -0.25) is 14.4 Å². The van der Waals surface area contributed by atoms with Crippen LogP contribution in [0.5, 0.6) is 11.5 Å². The first-order valence-corrected chi connectivity index (χ1v) is 13.1. The summed E-state index contributed by atoms with van der Waals surface area (Å²) in [6.07, 6.45) is 1.43. The zero-order valence-corrected chi connectivity index (χ0v) is 23.0. The van der Waals surface area contributed by atoms with E-state index in [2.05, 4.69) is 20.5 Å². The summed E-state index contributed by atoms with van der Waals surface area (Å²) in [6.45, 7) is 8.49. The third kappa shape index (κ3) is 4.74. The van der Waals surface area contributed by atoms with Crippen LogP contribution in [0.25, 0.3) is 0 Å². The number of benzene rings is 1. The summed E-state index contributed by atoms with van der Waals surface area (Å²) in [5, 5.41) is 19.9. The molecule has 1 aromatic carbocycles. The lowest BCUT2D eigenvalue weighted by atomic mass is 9.82. The Labute approximate surface area is 230 Å². The SMILES string of the molecule is Cc1cc(Oc2ccc(C(=O)N[C@H]3C[C@@]4(c5ccc(F)cc5C)CC[C@H](C(C)(C)O)N4C3=O)nc2C)c(=O)[nH]n1. The van der Waals surface area contributed by atoms with Crippen LogP contribution in [-0.4, -0.2) is 54.7 Å². The molecule has 2 aliphatic rings. The number of hydrogen-bond acceptors (Lipinski definition) is 7. The summed E-state index contributed by atoms with van der Waals surface area (Å²) in [7, 11) is 0. The number of rotatable bonds is 6. The molecule has 2 aromatic heterocycles. The predicted molar refractivity (Wildman–Crippen MR) is 143 cm³/mol. The molecule has 3 N–H and O–H groups in total. The van der Waals surface area contributed by atoms with Crippen molar-refractivity contribution in [1.29, 1.82) is 0 Å². The number of aromatic amines is 1. The molecule has 40 heavy (non-hydrogen) atoms. The molecule has 2 saturated heterocycles. The van der Waals surface area contributed by atoms with Crippen LogP contribution in [0, 0.1) is 26.6 Å². The number of ether oxygens (including phenoxy) is 1. The Kier molecular flexibility index (Phi) is 6.73. The van der Waals surface area contributed by atoms with Gasteiger partial charge in [0.2, 0.25) is 5.91 Å². The molecular weight excluding hydrogens is 517 g/mol. The lowest BCUT2D eigenvalue weighted by molar-refractivity contribution is -0.138. The average Bonchev–Trinajstić information content (AvgIpc) is 3.38. The van der Waals surface area contributed by atoms with E-state index in [9.17, 15) is 23.9 Å².